The maximum Gasteiger partial charge on any atom is 0.224 e. The van der Waals surface area contributed by atoms with Crippen LogP contribution in [0.25, 0.3) is 0 Å². The molecule has 0 bridgehead atoms. The molecule has 2 N–H and O–H groups in total. The minimum absolute atomic E-state index is 0.0680. The van der Waals surface area contributed by atoms with Gasteiger partial charge >= 0.3 is 0 Å². The van der Waals surface area contributed by atoms with Gasteiger partial charge in [0.05, 0.1) is 0 Å². The fourth-order valence-corrected chi connectivity index (χ4v) is 2.28. The molecule has 2 aliphatic heterocycles. The van der Waals surface area contributed by atoms with Crippen LogP contribution in [-0.2, 0) is 4.79 Å². The molecule has 2 rings (SSSR count). The van der Waals surface area contributed by atoms with Crippen molar-refractivity contribution < 1.29 is 4.79 Å². The molecule has 2 unspecified atom stereocenters. The predicted molar refractivity (Wildman–Crippen MR) is 50.2 cm³/mol. The quantitative estimate of drug-likeness (QED) is 0.582. The molecule has 0 aromatic carbocycles. The van der Waals surface area contributed by atoms with Crippen LogP contribution in [0, 0.1) is 0 Å². The lowest BCUT2D eigenvalue weighted by Gasteiger charge is -2.23. The number of nitrogens with zero attached hydrogens (tertiary/aromatic N) is 2. The average Bonchev–Trinajstić information content (AvgIpc) is 2.58. The molecule has 0 aliphatic carbocycles. The van der Waals surface area contributed by atoms with Crippen LogP contribution >= 0.6 is 0 Å². The van der Waals surface area contributed by atoms with Crippen molar-refractivity contribution in [1.29, 1.82) is 0 Å². The van der Waals surface area contributed by atoms with Crippen LogP contribution in [0.15, 0.2) is 0 Å². The third-order valence-electron chi connectivity index (χ3n) is 3.00. The van der Waals surface area contributed by atoms with Crippen LogP contribution in [0.1, 0.15) is 12.8 Å². The summed E-state index contributed by atoms with van der Waals surface area (Å²) >= 11 is 0. The van der Waals surface area contributed by atoms with Crippen LogP contribution in [0.3, 0.4) is 0 Å². The van der Waals surface area contributed by atoms with Gasteiger partial charge in [0.25, 0.3) is 0 Å². The van der Waals surface area contributed by atoms with Crippen LogP contribution < -0.4 is 5.73 Å². The fraction of sp³-hybridized carbons (Fsp3) is 0.889. The SMILES string of the molecule is CN1CCC(N2CC(N)CC2=O)C1. The molecule has 0 radical (unpaired) electrons. The lowest BCUT2D eigenvalue weighted by molar-refractivity contribution is -0.129. The maximum atomic E-state index is 11.5. The summed E-state index contributed by atoms with van der Waals surface area (Å²) in [6.07, 6.45) is 1.65. The molecule has 2 fully saturated rings. The molecule has 4 nitrogen and oxygen atoms in total. The van der Waals surface area contributed by atoms with Crippen LogP contribution in [-0.4, -0.2) is 54.5 Å². The van der Waals surface area contributed by atoms with E-state index in [0.717, 1.165) is 26.1 Å². The highest BCUT2D eigenvalue weighted by atomic mass is 16.2. The van der Waals surface area contributed by atoms with Gasteiger partial charge in [-0.05, 0) is 20.0 Å². The fourth-order valence-electron chi connectivity index (χ4n) is 2.28. The first-order chi connectivity index (χ1) is 6.16. The van der Waals surface area contributed by atoms with Crippen molar-refractivity contribution in [3.05, 3.63) is 0 Å². The Balaban J connectivity index is 1.97. The second kappa shape index (κ2) is 3.27. The number of hydrogen-bond donors (Lipinski definition) is 1. The summed E-state index contributed by atoms with van der Waals surface area (Å²) in [5.74, 6) is 0.243. The van der Waals surface area contributed by atoms with Gasteiger partial charge < -0.3 is 15.5 Å². The minimum Gasteiger partial charge on any atom is -0.337 e. The molecule has 0 saturated carbocycles. The molecule has 74 valence electrons. The second-order valence-electron chi connectivity index (χ2n) is 4.22. The van der Waals surface area contributed by atoms with E-state index in [-0.39, 0.29) is 11.9 Å². The highest BCUT2D eigenvalue weighted by Gasteiger charge is 2.34. The van der Waals surface area contributed by atoms with E-state index in [2.05, 4.69) is 11.9 Å². The Hall–Kier alpha value is -0.610. The number of amides is 1. The number of carbonyl (C=O) groups excluding carboxylic acids is 1. The van der Waals surface area contributed by atoms with Gasteiger partial charge in [-0.1, -0.05) is 0 Å². The minimum atomic E-state index is 0.0680. The predicted octanol–water partition coefficient (Wildman–Crippen LogP) is -0.750. The third kappa shape index (κ3) is 1.69. The molecule has 4 heteroatoms. The lowest BCUT2D eigenvalue weighted by Crippen LogP contribution is -2.39. The Morgan fingerprint density at radius 1 is 1.46 bits per heavy atom. The molecular weight excluding hydrogens is 166 g/mol. The zero-order valence-corrected chi connectivity index (χ0v) is 8.07. The van der Waals surface area contributed by atoms with Crippen molar-refractivity contribution in [2.24, 2.45) is 5.73 Å². The van der Waals surface area contributed by atoms with Gasteiger partial charge in [0.1, 0.15) is 0 Å². The molecular formula is C9H17N3O. The standard InChI is InChI=1S/C9H17N3O/c1-11-3-2-8(6-11)12-5-7(10)4-9(12)13/h7-8H,2-6,10H2,1H3. The van der Waals surface area contributed by atoms with E-state index >= 15 is 0 Å². The first kappa shape index (κ1) is 8.97. The van der Waals surface area contributed by atoms with E-state index in [1.165, 1.54) is 0 Å². The summed E-state index contributed by atoms with van der Waals surface area (Å²) in [5, 5.41) is 0. The Morgan fingerprint density at radius 2 is 2.23 bits per heavy atom. The van der Waals surface area contributed by atoms with Gasteiger partial charge in [0, 0.05) is 31.6 Å². The first-order valence-electron chi connectivity index (χ1n) is 4.90. The molecule has 1 amide bonds. The monoisotopic (exact) mass is 183 g/mol. The zero-order chi connectivity index (χ0) is 9.42. The first-order valence-corrected chi connectivity index (χ1v) is 4.90. The van der Waals surface area contributed by atoms with Crippen molar-refractivity contribution in [2.75, 3.05) is 26.7 Å². The number of likely N-dealkylation sites (tertiary alicyclic amines) is 2. The van der Waals surface area contributed by atoms with Crippen molar-refractivity contribution >= 4 is 5.91 Å². The van der Waals surface area contributed by atoms with Crippen molar-refractivity contribution in [3.8, 4) is 0 Å². The smallest absolute Gasteiger partial charge is 0.224 e. The molecule has 0 spiro atoms. The summed E-state index contributed by atoms with van der Waals surface area (Å²) in [6.45, 7) is 2.87. The van der Waals surface area contributed by atoms with E-state index in [4.69, 9.17) is 5.73 Å². The van der Waals surface area contributed by atoms with E-state index in [1.54, 1.807) is 0 Å². The number of likely N-dealkylation sites (N-methyl/N-ethyl adjacent to an activating group) is 1. The van der Waals surface area contributed by atoms with Gasteiger partial charge in [-0.2, -0.15) is 0 Å². The summed E-state index contributed by atoms with van der Waals surface area (Å²) in [4.78, 5) is 15.7. The summed E-state index contributed by atoms with van der Waals surface area (Å²) in [5.41, 5.74) is 5.74. The van der Waals surface area contributed by atoms with Gasteiger partial charge in [0.15, 0.2) is 0 Å². The number of carbonyl (C=O) groups is 1. The number of nitrogens with two attached hydrogens (primary N) is 1. The summed E-state index contributed by atoms with van der Waals surface area (Å²) < 4.78 is 0. The van der Waals surface area contributed by atoms with Gasteiger partial charge in [-0.15, -0.1) is 0 Å². The summed E-state index contributed by atoms with van der Waals surface area (Å²) in [6, 6.07) is 0.490. The number of hydrogen-bond acceptors (Lipinski definition) is 3. The molecule has 2 atom stereocenters. The van der Waals surface area contributed by atoms with E-state index < -0.39 is 0 Å². The molecule has 2 heterocycles. The topological polar surface area (TPSA) is 49.6 Å². The second-order valence-corrected chi connectivity index (χ2v) is 4.22. The Morgan fingerprint density at radius 3 is 2.69 bits per heavy atom. The van der Waals surface area contributed by atoms with Gasteiger partial charge in [-0.3, -0.25) is 4.79 Å². The number of rotatable bonds is 1. The highest BCUT2D eigenvalue weighted by molar-refractivity contribution is 5.79. The lowest BCUT2D eigenvalue weighted by atomic mass is 10.2. The normalized spacial score (nSPS) is 36.2. The van der Waals surface area contributed by atoms with E-state index in [0.29, 0.717) is 12.5 Å². The van der Waals surface area contributed by atoms with Gasteiger partial charge in [-0.25, -0.2) is 0 Å². The Kier molecular flexibility index (Phi) is 2.26. The van der Waals surface area contributed by atoms with E-state index in [9.17, 15) is 4.79 Å². The molecule has 2 aliphatic rings. The largest absolute Gasteiger partial charge is 0.337 e. The highest BCUT2D eigenvalue weighted by Crippen LogP contribution is 2.19. The van der Waals surface area contributed by atoms with Crippen molar-refractivity contribution in [2.45, 2.75) is 24.9 Å². The summed E-state index contributed by atoms with van der Waals surface area (Å²) in [7, 11) is 2.10. The maximum absolute atomic E-state index is 11.5. The van der Waals surface area contributed by atoms with Crippen molar-refractivity contribution in [1.82, 2.24) is 9.80 Å². The van der Waals surface area contributed by atoms with Crippen molar-refractivity contribution in [3.63, 3.8) is 0 Å². The van der Waals surface area contributed by atoms with Crippen LogP contribution in [0.5, 0.6) is 0 Å². The Bertz CT molecular complexity index is 219. The molecule has 0 aromatic heterocycles. The van der Waals surface area contributed by atoms with Crippen LogP contribution in [0.2, 0.25) is 0 Å². The van der Waals surface area contributed by atoms with Crippen LogP contribution in [0.4, 0.5) is 0 Å². The molecule has 13 heavy (non-hydrogen) atoms. The molecule has 0 aromatic rings. The average molecular weight is 183 g/mol. The molecule has 2 saturated heterocycles. The zero-order valence-electron chi connectivity index (χ0n) is 8.07. The van der Waals surface area contributed by atoms with Gasteiger partial charge in [0.2, 0.25) is 5.91 Å². The Labute approximate surface area is 78.7 Å². The third-order valence-corrected chi connectivity index (χ3v) is 3.00. The van der Waals surface area contributed by atoms with E-state index in [1.807, 2.05) is 4.90 Å².